The molecule has 0 aliphatic carbocycles. The van der Waals surface area contributed by atoms with Crippen molar-refractivity contribution in [2.24, 2.45) is 0 Å². The monoisotopic (exact) mass is 411 g/mol. The van der Waals surface area contributed by atoms with Crippen molar-refractivity contribution in [1.29, 1.82) is 0 Å². The average molecular weight is 412 g/mol. The molecule has 1 amide bonds. The van der Waals surface area contributed by atoms with E-state index in [0.717, 1.165) is 0 Å². The van der Waals surface area contributed by atoms with E-state index in [4.69, 9.17) is 9.90 Å². The van der Waals surface area contributed by atoms with E-state index in [1.165, 1.54) is 0 Å². The normalized spacial score (nSPS) is 10.7. The molecule has 1 rings (SSSR count). The smallest absolute Gasteiger partial charge is 0.756 e. The van der Waals surface area contributed by atoms with Gasteiger partial charge >= 0.3 is 26.6 Å². The van der Waals surface area contributed by atoms with Gasteiger partial charge in [0, 0.05) is 11.1 Å². The Bertz CT molecular complexity index is 486. The molecule has 0 atom stereocenters. The van der Waals surface area contributed by atoms with Crippen molar-refractivity contribution in [2.75, 3.05) is 0 Å². The van der Waals surface area contributed by atoms with Gasteiger partial charge in [-0.3, -0.25) is 4.79 Å². The van der Waals surface area contributed by atoms with Crippen LogP contribution in [0.4, 0.5) is 13.2 Å². The molecule has 1 aromatic carbocycles. The van der Waals surface area contributed by atoms with Gasteiger partial charge in [-0.25, -0.2) is 0 Å². The summed E-state index contributed by atoms with van der Waals surface area (Å²) in [6, 6.07) is 8.56. The van der Waals surface area contributed by atoms with E-state index in [9.17, 15) is 23.2 Å². The number of hydroxylamine groups is 2. The third-order valence-corrected chi connectivity index (χ3v) is 2.05. The molecule has 0 aliphatic rings. The fourth-order valence-electron chi connectivity index (χ4n) is 1.00. The minimum atomic E-state index is -5.19. The zero-order valence-corrected chi connectivity index (χ0v) is 13.5. The number of aliphatic carboxylic acids is 1. The van der Waals surface area contributed by atoms with Gasteiger partial charge in [-0.1, -0.05) is 18.2 Å². The van der Waals surface area contributed by atoms with E-state index in [1.807, 2.05) is 6.07 Å². The zero-order chi connectivity index (χ0) is 16.8. The van der Waals surface area contributed by atoms with E-state index in [-0.39, 0.29) is 20.4 Å². The molecule has 9 heteroatoms. The molecule has 0 aromatic heterocycles. The van der Waals surface area contributed by atoms with Crippen molar-refractivity contribution in [3.05, 3.63) is 41.1 Å². The second-order valence-electron chi connectivity index (χ2n) is 4.92. The molecule has 0 spiro atoms. The quantitative estimate of drug-likeness (QED) is 0.520. The number of alkyl halides is 3. The molecular weight excluding hydrogens is 398 g/mol. The van der Waals surface area contributed by atoms with Crippen molar-refractivity contribution in [3.63, 3.8) is 0 Å². The zero-order valence-electron chi connectivity index (χ0n) is 11.9. The molecular formula is C13H14F3NO4Pd. The summed E-state index contributed by atoms with van der Waals surface area (Å²) in [7, 11) is 0. The molecule has 22 heavy (non-hydrogen) atoms. The Morgan fingerprint density at radius 2 is 1.41 bits per heavy atom. The van der Waals surface area contributed by atoms with Crippen LogP contribution < -0.4 is 5.11 Å². The summed E-state index contributed by atoms with van der Waals surface area (Å²) in [4.78, 5) is 20.4. The number of carboxylic acid groups (broad SMARTS) is 1. The predicted molar refractivity (Wildman–Crippen MR) is 66.8 cm³/mol. The predicted octanol–water partition coefficient (Wildman–Crippen LogP) is 1.72. The van der Waals surface area contributed by atoms with Crippen molar-refractivity contribution >= 4 is 11.9 Å². The van der Waals surface area contributed by atoms with E-state index in [0.29, 0.717) is 10.6 Å². The summed E-state index contributed by atoms with van der Waals surface area (Å²) >= 11 is 0. The number of benzene rings is 1. The second-order valence-corrected chi connectivity index (χ2v) is 4.92. The van der Waals surface area contributed by atoms with Crippen molar-refractivity contribution in [1.82, 2.24) is 5.06 Å². The Labute approximate surface area is 139 Å². The van der Waals surface area contributed by atoms with E-state index < -0.39 is 23.6 Å². The largest absolute Gasteiger partial charge is 2.00 e. The Morgan fingerprint density at radius 1 is 1.05 bits per heavy atom. The number of nitrogens with zero attached hydrogens (tertiary/aromatic N) is 1. The first-order valence-corrected chi connectivity index (χ1v) is 5.72. The number of halogens is 3. The van der Waals surface area contributed by atoms with Crippen molar-refractivity contribution in [2.45, 2.75) is 32.5 Å². The van der Waals surface area contributed by atoms with Gasteiger partial charge in [-0.2, -0.15) is 13.2 Å². The number of hydrogen-bond donors (Lipinski definition) is 0. The Hall–Kier alpha value is -1.43. The van der Waals surface area contributed by atoms with Crippen LogP contribution in [-0.2, 0) is 25.2 Å². The molecule has 0 heterocycles. The van der Waals surface area contributed by atoms with Gasteiger partial charge in [-0.05, 0) is 32.9 Å². The van der Waals surface area contributed by atoms with Crippen LogP contribution in [0, 0.1) is 5.21 Å². The molecule has 0 bridgehead atoms. The van der Waals surface area contributed by atoms with Gasteiger partial charge in [0.05, 0.1) is 0 Å². The Kier molecular flexibility index (Phi) is 9.22. The van der Waals surface area contributed by atoms with Gasteiger partial charge in [0.2, 0.25) is 5.91 Å². The number of amides is 1. The minimum absolute atomic E-state index is 0. The van der Waals surface area contributed by atoms with Gasteiger partial charge in [0.1, 0.15) is 5.97 Å². The summed E-state index contributed by atoms with van der Waals surface area (Å²) in [5, 5.41) is 20.8. The topological polar surface area (TPSA) is 83.5 Å². The van der Waals surface area contributed by atoms with Crippen LogP contribution in [0.15, 0.2) is 30.3 Å². The van der Waals surface area contributed by atoms with Crippen molar-refractivity contribution < 1.29 is 48.3 Å². The number of rotatable bonds is 1. The van der Waals surface area contributed by atoms with Crippen LogP contribution in [0.1, 0.15) is 31.1 Å². The van der Waals surface area contributed by atoms with Crippen LogP contribution in [-0.4, -0.2) is 28.7 Å². The van der Waals surface area contributed by atoms with Crippen molar-refractivity contribution in [3.8, 4) is 0 Å². The van der Waals surface area contributed by atoms with E-state index in [1.54, 1.807) is 45.0 Å². The maximum Gasteiger partial charge on any atom is 2.00 e. The molecule has 0 aliphatic heterocycles. The molecule has 0 radical (unpaired) electrons. The molecule has 126 valence electrons. The molecule has 0 fully saturated rings. The summed E-state index contributed by atoms with van der Waals surface area (Å²) in [6.07, 6.45) is -5.19. The molecule has 0 saturated heterocycles. The number of hydrogen-bond acceptors (Lipinski definition) is 4. The Balaban J connectivity index is 0. The fourth-order valence-corrected chi connectivity index (χ4v) is 1.00. The first kappa shape index (κ1) is 22.8. The summed E-state index contributed by atoms with van der Waals surface area (Å²) in [6.45, 7) is 5.13. The van der Waals surface area contributed by atoms with E-state index >= 15 is 0 Å². The van der Waals surface area contributed by atoms with Crippen LogP contribution in [0.3, 0.4) is 0 Å². The van der Waals surface area contributed by atoms with Gasteiger partial charge in [0.25, 0.3) is 0 Å². The van der Waals surface area contributed by atoms with E-state index in [2.05, 4.69) is 0 Å². The third kappa shape index (κ3) is 8.12. The van der Waals surface area contributed by atoms with Gasteiger partial charge in [-0.15, -0.1) is 0 Å². The molecule has 0 unspecified atom stereocenters. The number of carboxylic acids is 1. The number of carbonyl (C=O) groups excluding carboxylic acids is 2. The number of carbonyl (C=O) groups is 2. The summed E-state index contributed by atoms with van der Waals surface area (Å²) < 4.78 is 31.5. The molecule has 0 N–H and O–H groups in total. The average Bonchev–Trinajstić information content (AvgIpc) is 2.36. The van der Waals surface area contributed by atoms with Crippen LogP contribution >= 0.6 is 0 Å². The summed E-state index contributed by atoms with van der Waals surface area (Å²) in [5.41, 5.74) is -0.259. The second kappa shape index (κ2) is 8.88. The first-order chi connectivity index (χ1) is 9.37. The third-order valence-electron chi connectivity index (χ3n) is 2.05. The SMILES string of the molecule is CC(C)(C)N([O-])C(=O)c1ccccc1.O=C([O-])C(F)(F)F.[Pd+2]. The van der Waals surface area contributed by atoms with Gasteiger partial charge < -0.3 is 20.2 Å². The fraction of sp³-hybridized carbons (Fsp3) is 0.385. The van der Waals surface area contributed by atoms with Crippen LogP contribution in [0.25, 0.3) is 0 Å². The summed E-state index contributed by atoms with van der Waals surface area (Å²) in [5.74, 6) is -3.49. The van der Waals surface area contributed by atoms with Crippen LogP contribution in [0.5, 0.6) is 0 Å². The molecule has 0 saturated carbocycles. The first-order valence-electron chi connectivity index (χ1n) is 5.72. The Morgan fingerprint density at radius 3 is 1.68 bits per heavy atom. The minimum Gasteiger partial charge on any atom is -0.756 e. The van der Waals surface area contributed by atoms with Gasteiger partial charge in [0.15, 0.2) is 0 Å². The maximum absolute atomic E-state index is 11.6. The standard InChI is InChI=1S/C11H14NO2.C2HF3O2.Pd/c1-11(2,3)12(14)10(13)9-7-5-4-6-8-9;3-2(4,5)1(6)7;/h4-8H,1-3H3;(H,6,7);/q-1;;+2/p-1. The van der Waals surface area contributed by atoms with Crippen LogP contribution in [0.2, 0.25) is 0 Å². The molecule has 5 nitrogen and oxygen atoms in total. The maximum atomic E-state index is 11.6. The molecule has 1 aromatic rings.